The molecule has 0 spiro atoms. The molecule has 2 heterocycles. The molecule has 1 aliphatic rings. The second-order valence-electron chi connectivity index (χ2n) is 9.53. The molecule has 1 aromatic heterocycles. The Morgan fingerprint density at radius 1 is 1.03 bits per heavy atom. The van der Waals surface area contributed by atoms with E-state index in [2.05, 4.69) is 26.3 Å². The quantitative estimate of drug-likeness (QED) is 0.280. The van der Waals surface area contributed by atoms with E-state index in [-0.39, 0.29) is 24.3 Å². The van der Waals surface area contributed by atoms with Gasteiger partial charge in [0.1, 0.15) is 18.1 Å². The molecule has 4 unspecified atom stereocenters. The Morgan fingerprint density at radius 3 is 2.40 bits per heavy atom. The standard InChI is InChI=1S/C25H35N5O5/c1-14(2)11-20(29-22(31)15(3)28-23(32)19-9-6-10-26-19)24(33)30-21(25(34)35)12-16-13-27-18-8-5-4-7-17(16)18/h4-5,7-8,13-15,19-21,26-27H,6,9-12H2,1-3H3,(H,28,32)(H,29,31)(H,30,33)(H,34,35). The molecule has 2 aromatic rings. The fourth-order valence-electron chi connectivity index (χ4n) is 4.28. The number of hydrogen-bond acceptors (Lipinski definition) is 5. The van der Waals surface area contributed by atoms with Gasteiger partial charge in [-0.25, -0.2) is 4.79 Å². The van der Waals surface area contributed by atoms with Gasteiger partial charge in [-0.2, -0.15) is 0 Å². The Bertz CT molecular complexity index is 1060. The molecule has 0 bridgehead atoms. The van der Waals surface area contributed by atoms with Crippen molar-refractivity contribution >= 4 is 34.6 Å². The van der Waals surface area contributed by atoms with Gasteiger partial charge >= 0.3 is 5.97 Å². The van der Waals surface area contributed by atoms with E-state index in [1.54, 1.807) is 13.1 Å². The van der Waals surface area contributed by atoms with Crippen molar-refractivity contribution in [2.24, 2.45) is 5.92 Å². The van der Waals surface area contributed by atoms with Crippen LogP contribution in [0.4, 0.5) is 0 Å². The Balaban J connectivity index is 1.65. The minimum Gasteiger partial charge on any atom is -0.480 e. The molecule has 1 fully saturated rings. The Morgan fingerprint density at radius 2 is 1.74 bits per heavy atom. The average molecular weight is 486 g/mol. The first kappa shape index (κ1) is 26.2. The number of para-hydroxylation sites is 1. The van der Waals surface area contributed by atoms with Gasteiger partial charge in [0, 0.05) is 23.5 Å². The number of rotatable bonds is 11. The van der Waals surface area contributed by atoms with Crippen molar-refractivity contribution in [1.29, 1.82) is 0 Å². The lowest BCUT2D eigenvalue weighted by Crippen LogP contribution is -2.56. The predicted octanol–water partition coefficient (Wildman–Crippen LogP) is 1.07. The third-order valence-electron chi connectivity index (χ3n) is 6.18. The van der Waals surface area contributed by atoms with Crippen LogP contribution in [0.3, 0.4) is 0 Å². The van der Waals surface area contributed by atoms with Gasteiger partial charge in [0.25, 0.3) is 0 Å². The van der Waals surface area contributed by atoms with E-state index >= 15 is 0 Å². The third-order valence-corrected chi connectivity index (χ3v) is 6.18. The highest BCUT2D eigenvalue weighted by atomic mass is 16.4. The maximum absolute atomic E-state index is 13.1. The van der Waals surface area contributed by atoms with Gasteiger partial charge in [0.05, 0.1) is 6.04 Å². The van der Waals surface area contributed by atoms with Crippen LogP contribution < -0.4 is 21.3 Å². The molecule has 35 heavy (non-hydrogen) atoms. The number of carboxylic acid groups (broad SMARTS) is 1. The monoisotopic (exact) mass is 485 g/mol. The van der Waals surface area contributed by atoms with Crippen LogP contribution in [0, 0.1) is 5.92 Å². The zero-order valence-corrected chi connectivity index (χ0v) is 20.4. The fourth-order valence-corrected chi connectivity index (χ4v) is 4.28. The topological polar surface area (TPSA) is 152 Å². The first-order chi connectivity index (χ1) is 16.7. The van der Waals surface area contributed by atoms with Crippen LogP contribution in [-0.2, 0) is 25.6 Å². The van der Waals surface area contributed by atoms with Crippen LogP contribution >= 0.6 is 0 Å². The Labute approximate surface area is 204 Å². The van der Waals surface area contributed by atoms with E-state index in [1.807, 2.05) is 38.1 Å². The molecule has 10 heteroatoms. The maximum Gasteiger partial charge on any atom is 0.326 e. The molecule has 10 nitrogen and oxygen atoms in total. The van der Waals surface area contributed by atoms with Crippen molar-refractivity contribution in [3.63, 3.8) is 0 Å². The molecule has 3 amide bonds. The molecule has 3 rings (SSSR count). The summed E-state index contributed by atoms with van der Waals surface area (Å²) in [6.07, 6.45) is 3.77. The summed E-state index contributed by atoms with van der Waals surface area (Å²) in [5.41, 5.74) is 1.65. The number of H-pyrrole nitrogens is 1. The number of nitrogens with one attached hydrogen (secondary N) is 5. The lowest BCUT2D eigenvalue weighted by atomic mass is 10.0. The molecule has 1 saturated heterocycles. The van der Waals surface area contributed by atoms with Crippen molar-refractivity contribution in [3.8, 4) is 0 Å². The minimum atomic E-state index is -1.17. The van der Waals surface area contributed by atoms with Crippen LogP contribution in [0.5, 0.6) is 0 Å². The molecule has 4 atom stereocenters. The molecular weight excluding hydrogens is 450 g/mol. The third kappa shape index (κ3) is 7.05. The van der Waals surface area contributed by atoms with Crippen LogP contribution in [0.25, 0.3) is 10.9 Å². The normalized spacial score (nSPS) is 18.1. The van der Waals surface area contributed by atoms with E-state index in [0.29, 0.717) is 12.8 Å². The maximum atomic E-state index is 13.1. The highest BCUT2D eigenvalue weighted by Crippen LogP contribution is 2.19. The van der Waals surface area contributed by atoms with E-state index in [1.165, 1.54) is 0 Å². The van der Waals surface area contributed by atoms with Gasteiger partial charge < -0.3 is 31.4 Å². The van der Waals surface area contributed by atoms with Crippen molar-refractivity contribution < 1.29 is 24.3 Å². The van der Waals surface area contributed by atoms with Crippen molar-refractivity contribution in [3.05, 3.63) is 36.0 Å². The number of fused-ring (bicyclic) bond motifs is 1. The molecule has 0 saturated carbocycles. The zero-order chi connectivity index (χ0) is 25.5. The number of aromatic amines is 1. The number of benzene rings is 1. The minimum absolute atomic E-state index is 0.0653. The van der Waals surface area contributed by atoms with Gasteiger partial charge in [-0.3, -0.25) is 14.4 Å². The van der Waals surface area contributed by atoms with Crippen molar-refractivity contribution in [2.75, 3.05) is 6.54 Å². The van der Waals surface area contributed by atoms with Gasteiger partial charge in [0.15, 0.2) is 0 Å². The lowest BCUT2D eigenvalue weighted by molar-refractivity contribution is -0.142. The summed E-state index contributed by atoms with van der Waals surface area (Å²) < 4.78 is 0. The molecule has 0 radical (unpaired) electrons. The summed E-state index contributed by atoms with van der Waals surface area (Å²) in [7, 11) is 0. The van der Waals surface area contributed by atoms with E-state index in [9.17, 15) is 24.3 Å². The van der Waals surface area contributed by atoms with Gasteiger partial charge in [-0.05, 0) is 50.3 Å². The smallest absolute Gasteiger partial charge is 0.326 e. The number of hydrogen-bond donors (Lipinski definition) is 6. The molecule has 1 aromatic carbocycles. The first-order valence-electron chi connectivity index (χ1n) is 12.1. The van der Waals surface area contributed by atoms with E-state index in [0.717, 1.165) is 29.4 Å². The second kappa shape index (κ2) is 11.8. The number of aromatic nitrogens is 1. The van der Waals surface area contributed by atoms with Crippen LogP contribution in [-0.4, -0.2) is 64.5 Å². The van der Waals surface area contributed by atoms with Gasteiger partial charge in [-0.15, -0.1) is 0 Å². The summed E-state index contributed by atoms with van der Waals surface area (Å²) in [5.74, 6) is -2.42. The average Bonchev–Trinajstić information content (AvgIpc) is 3.48. The molecule has 6 N–H and O–H groups in total. The number of carbonyl (C=O) groups excluding carboxylic acids is 3. The Hall–Kier alpha value is -3.40. The van der Waals surface area contributed by atoms with Crippen LogP contribution in [0.15, 0.2) is 30.5 Å². The van der Waals surface area contributed by atoms with E-state index < -0.39 is 35.9 Å². The van der Waals surface area contributed by atoms with Crippen molar-refractivity contribution in [1.82, 2.24) is 26.3 Å². The van der Waals surface area contributed by atoms with E-state index in [4.69, 9.17) is 0 Å². The fraction of sp³-hybridized carbons (Fsp3) is 0.520. The van der Waals surface area contributed by atoms with Crippen LogP contribution in [0.1, 0.15) is 45.6 Å². The molecular formula is C25H35N5O5. The zero-order valence-electron chi connectivity index (χ0n) is 20.4. The first-order valence-corrected chi connectivity index (χ1v) is 12.1. The summed E-state index contributed by atoms with van der Waals surface area (Å²) in [6, 6.07) is 4.27. The summed E-state index contributed by atoms with van der Waals surface area (Å²) >= 11 is 0. The predicted molar refractivity (Wildman–Crippen MR) is 132 cm³/mol. The number of aliphatic carboxylic acids is 1. The largest absolute Gasteiger partial charge is 0.480 e. The molecule has 0 aliphatic carbocycles. The molecule has 1 aliphatic heterocycles. The second-order valence-corrected chi connectivity index (χ2v) is 9.53. The van der Waals surface area contributed by atoms with Crippen molar-refractivity contribution in [2.45, 2.75) is 70.6 Å². The lowest BCUT2D eigenvalue weighted by Gasteiger charge is -2.25. The van der Waals surface area contributed by atoms with Gasteiger partial charge in [0.2, 0.25) is 17.7 Å². The Kier molecular flexibility index (Phi) is 8.86. The number of carbonyl (C=O) groups is 4. The molecule has 190 valence electrons. The summed E-state index contributed by atoms with van der Waals surface area (Å²) in [4.78, 5) is 53.2. The van der Waals surface area contributed by atoms with Crippen LogP contribution in [0.2, 0.25) is 0 Å². The summed E-state index contributed by atoms with van der Waals surface area (Å²) in [5, 5.41) is 21.7. The van der Waals surface area contributed by atoms with Gasteiger partial charge in [-0.1, -0.05) is 32.0 Å². The number of amides is 3. The summed E-state index contributed by atoms with van der Waals surface area (Å²) in [6.45, 7) is 6.14. The number of carboxylic acids is 1. The highest BCUT2D eigenvalue weighted by Gasteiger charge is 2.30. The highest BCUT2D eigenvalue weighted by molar-refractivity contribution is 5.94. The SMILES string of the molecule is CC(C)CC(NC(=O)C(C)NC(=O)C1CCCN1)C(=O)NC(Cc1c[nH]c2ccccc12)C(=O)O.